The average molecular weight is 353 g/mol. The van der Waals surface area contributed by atoms with Crippen molar-refractivity contribution in [2.75, 3.05) is 14.2 Å². The molecule has 1 aromatic carbocycles. The van der Waals surface area contributed by atoms with E-state index in [1.54, 1.807) is 31.4 Å². The second-order valence-electron chi connectivity index (χ2n) is 4.67. The molecule has 8 heteroatoms. The van der Waals surface area contributed by atoms with E-state index in [0.717, 1.165) is 16.7 Å². The first-order valence-electron chi connectivity index (χ1n) is 6.61. The second kappa shape index (κ2) is 7.01. The van der Waals surface area contributed by atoms with Crippen LogP contribution in [0.4, 0.5) is 0 Å². The molecule has 1 aromatic rings. The standard InChI is InChI=1S/C15H15NO5S2/c1-8(14(18)19)16-13(17)12(23-15(16)22)6-9-4-5-10(20-2)7-11(9)21-3/h4-8H,1-3H3,(H,18,19)/b12-6-/t8-/m0/s1. The first-order valence-corrected chi connectivity index (χ1v) is 7.83. The third-order valence-corrected chi connectivity index (χ3v) is 4.63. The van der Waals surface area contributed by atoms with E-state index in [-0.39, 0.29) is 4.32 Å². The molecule has 0 bridgehead atoms. The van der Waals surface area contributed by atoms with Crippen LogP contribution < -0.4 is 9.47 Å². The molecule has 0 radical (unpaired) electrons. The number of ether oxygens (including phenoxy) is 2. The van der Waals surface area contributed by atoms with E-state index in [0.29, 0.717) is 22.0 Å². The van der Waals surface area contributed by atoms with Crippen LogP contribution >= 0.6 is 24.0 Å². The van der Waals surface area contributed by atoms with Crippen molar-refractivity contribution in [1.82, 2.24) is 4.90 Å². The lowest BCUT2D eigenvalue weighted by Crippen LogP contribution is -2.41. The van der Waals surface area contributed by atoms with Gasteiger partial charge in [0, 0.05) is 11.6 Å². The third kappa shape index (κ3) is 3.48. The average Bonchev–Trinajstić information content (AvgIpc) is 2.80. The first-order chi connectivity index (χ1) is 10.9. The van der Waals surface area contributed by atoms with Gasteiger partial charge in [0.1, 0.15) is 21.9 Å². The number of carboxylic acids is 1. The maximum Gasteiger partial charge on any atom is 0.326 e. The van der Waals surface area contributed by atoms with Crippen LogP contribution in [0.3, 0.4) is 0 Å². The number of carbonyl (C=O) groups excluding carboxylic acids is 1. The van der Waals surface area contributed by atoms with Crippen LogP contribution in [0.15, 0.2) is 23.1 Å². The summed E-state index contributed by atoms with van der Waals surface area (Å²) in [7, 11) is 3.07. The van der Waals surface area contributed by atoms with Gasteiger partial charge in [-0.2, -0.15) is 0 Å². The number of thiocarbonyl (C=S) groups is 1. The van der Waals surface area contributed by atoms with Gasteiger partial charge in [-0.3, -0.25) is 9.69 Å². The highest BCUT2D eigenvalue weighted by Crippen LogP contribution is 2.36. The predicted molar refractivity (Wildman–Crippen MR) is 91.7 cm³/mol. The Morgan fingerprint density at radius 1 is 1.39 bits per heavy atom. The molecule has 1 fully saturated rings. The summed E-state index contributed by atoms with van der Waals surface area (Å²) in [6.45, 7) is 1.42. The Morgan fingerprint density at radius 2 is 2.09 bits per heavy atom. The van der Waals surface area contributed by atoms with Crippen molar-refractivity contribution in [2.24, 2.45) is 0 Å². The molecule has 23 heavy (non-hydrogen) atoms. The minimum Gasteiger partial charge on any atom is -0.497 e. The molecule has 0 aliphatic carbocycles. The van der Waals surface area contributed by atoms with E-state index in [2.05, 4.69) is 0 Å². The summed E-state index contributed by atoms with van der Waals surface area (Å²) >= 11 is 6.19. The van der Waals surface area contributed by atoms with Crippen LogP contribution in [0.25, 0.3) is 6.08 Å². The maximum absolute atomic E-state index is 12.4. The van der Waals surface area contributed by atoms with Crippen molar-refractivity contribution in [3.05, 3.63) is 28.7 Å². The van der Waals surface area contributed by atoms with Gasteiger partial charge in [0.15, 0.2) is 0 Å². The van der Waals surface area contributed by atoms with Crippen LogP contribution in [0.2, 0.25) is 0 Å². The molecule has 1 N–H and O–H groups in total. The number of benzene rings is 1. The zero-order valence-corrected chi connectivity index (χ0v) is 14.4. The van der Waals surface area contributed by atoms with E-state index in [1.165, 1.54) is 14.0 Å². The van der Waals surface area contributed by atoms with E-state index < -0.39 is 17.9 Å². The van der Waals surface area contributed by atoms with Gasteiger partial charge in [-0.25, -0.2) is 4.79 Å². The summed E-state index contributed by atoms with van der Waals surface area (Å²) in [5.74, 6) is -0.357. The molecule has 122 valence electrons. The number of carbonyl (C=O) groups is 2. The van der Waals surface area contributed by atoms with Crippen molar-refractivity contribution in [3.63, 3.8) is 0 Å². The second-order valence-corrected chi connectivity index (χ2v) is 6.35. The van der Waals surface area contributed by atoms with Gasteiger partial charge in [0.2, 0.25) is 0 Å². The van der Waals surface area contributed by atoms with Gasteiger partial charge in [0.05, 0.1) is 19.1 Å². The highest BCUT2D eigenvalue weighted by atomic mass is 32.2. The maximum atomic E-state index is 12.4. The fraction of sp³-hybridized carbons (Fsp3) is 0.267. The fourth-order valence-corrected chi connectivity index (χ4v) is 3.41. The molecule has 1 heterocycles. The van der Waals surface area contributed by atoms with Crippen molar-refractivity contribution in [1.29, 1.82) is 0 Å². The molecule has 6 nitrogen and oxygen atoms in total. The lowest BCUT2D eigenvalue weighted by Gasteiger charge is -2.18. The number of carboxylic acid groups (broad SMARTS) is 1. The summed E-state index contributed by atoms with van der Waals surface area (Å²) in [5, 5.41) is 9.08. The van der Waals surface area contributed by atoms with E-state index in [1.807, 2.05) is 0 Å². The quantitative estimate of drug-likeness (QED) is 0.643. The smallest absolute Gasteiger partial charge is 0.326 e. The number of amides is 1. The molecule has 2 rings (SSSR count). The molecule has 0 saturated carbocycles. The number of hydrogen-bond acceptors (Lipinski definition) is 6. The van der Waals surface area contributed by atoms with Gasteiger partial charge in [-0.1, -0.05) is 24.0 Å². The minimum atomic E-state index is -1.11. The Labute approximate surface area is 143 Å². The predicted octanol–water partition coefficient (Wildman–Crippen LogP) is 2.38. The number of aliphatic carboxylic acids is 1. The number of hydrogen-bond donors (Lipinski definition) is 1. The summed E-state index contributed by atoms with van der Waals surface area (Å²) < 4.78 is 10.6. The molecular weight excluding hydrogens is 338 g/mol. The number of nitrogens with zero attached hydrogens (tertiary/aromatic N) is 1. The Morgan fingerprint density at radius 3 is 2.65 bits per heavy atom. The molecular formula is C15H15NO5S2. The zero-order chi connectivity index (χ0) is 17.1. The molecule has 0 unspecified atom stereocenters. The summed E-state index contributed by atoms with van der Waals surface area (Å²) in [6, 6.07) is 4.19. The van der Waals surface area contributed by atoms with Crippen molar-refractivity contribution < 1.29 is 24.2 Å². The van der Waals surface area contributed by atoms with Gasteiger partial charge in [-0.05, 0) is 25.1 Å². The number of methoxy groups -OCH3 is 2. The Balaban J connectivity index is 2.36. The van der Waals surface area contributed by atoms with Crippen LogP contribution in [-0.4, -0.2) is 46.5 Å². The topological polar surface area (TPSA) is 76.1 Å². The number of thioether (sulfide) groups is 1. The van der Waals surface area contributed by atoms with Gasteiger partial charge in [0.25, 0.3) is 5.91 Å². The summed E-state index contributed by atoms with van der Waals surface area (Å²) in [6.07, 6.45) is 1.63. The van der Waals surface area contributed by atoms with Crippen LogP contribution in [0.5, 0.6) is 11.5 Å². The summed E-state index contributed by atoms with van der Waals surface area (Å²) in [4.78, 5) is 25.0. The van der Waals surface area contributed by atoms with E-state index in [4.69, 9.17) is 26.8 Å². The first kappa shape index (κ1) is 17.3. The van der Waals surface area contributed by atoms with Gasteiger partial charge in [-0.15, -0.1) is 0 Å². The zero-order valence-electron chi connectivity index (χ0n) is 12.7. The Kier molecular flexibility index (Phi) is 5.27. The summed E-state index contributed by atoms with van der Waals surface area (Å²) in [5.41, 5.74) is 0.678. The lowest BCUT2D eigenvalue weighted by atomic mass is 10.1. The Hall–Kier alpha value is -2.06. The fourth-order valence-electron chi connectivity index (χ4n) is 2.00. The number of rotatable bonds is 5. The van der Waals surface area contributed by atoms with Crippen molar-refractivity contribution in [2.45, 2.75) is 13.0 Å². The monoisotopic (exact) mass is 353 g/mol. The molecule has 1 aliphatic heterocycles. The molecule has 0 spiro atoms. The van der Waals surface area contributed by atoms with Gasteiger partial charge >= 0.3 is 5.97 Å². The molecule has 0 aromatic heterocycles. The molecule has 1 atom stereocenters. The normalized spacial score (nSPS) is 17.5. The Bertz CT molecular complexity index is 701. The SMILES string of the molecule is COc1ccc(/C=C2\SC(=S)N([C@@H](C)C(=O)O)C2=O)c(OC)c1. The van der Waals surface area contributed by atoms with E-state index >= 15 is 0 Å². The van der Waals surface area contributed by atoms with Crippen LogP contribution in [0.1, 0.15) is 12.5 Å². The third-order valence-electron chi connectivity index (χ3n) is 3.30. The van der Waals surface area contributed by atoms with Gasteiger partial charge < -0.3 is 14.6 Å². The van der Waals surface area contributed by atoms with Crippen molar-refractivity contribution >= 4 is 46.3 Å². The largest absolute Gasteiger partial charge is 0.497 e. The molecule has 1 amide bonds. The van der Waals surface area contributed by atoms with Crippen LogP contribution in [0, 0.1) is 0 Å². The molecule has 1 aliphatic rings. The lowest BCUT2D eigenvalue weighted by molar-refractivity contribution is -0.144. The highest BCUT2D eigenvalue weighted by Gasteiger charge is 2.38. The minimum absolute atomic E-state index is 0.226. The van der Waals surface area contributed by atoms with Crippen LogP contribution in [-0.2, 0) is 9.59 Å². The molecule has 1 saturated heterocycles. The van der Waals surface area contributed by atoms with E-state index in [9.17, 15) is 9.59 Å². The van der Waals surface area contributed by atoms with Crippen molar-refractivity contribution in [3.8, 4) is 11.5 Å². The highest BCUT2D eigenvalue weighted by molar-refractivity contribution is 8.26.